The molecule has 3 nitrogen and oxygen atoms in total. The van der Waals surface area contributed by atoms with Gasteiger partial charge in [-0.05, 0) is 19.3 Å². The van der Waals surface area contributed by atoms with Gasteiger partial charge in [-0.2, -0.15) is 0 Å². The molecule has 1 unspecified atom stereocenters. The highest BCUT2D eigenvalue weighted by molar-refractivity contribution is 5.77. The van der Waals surface area contributed by atoms with Crippen LogP contribution in [0.1, 0.15) is 58.8 Å². The number of aliphatic carboxylic acids is 1. The van der Waals surface area contributed by atoms with Gasteiger partial charge in [-0.3, -0.25) is 9.59 Å². The monoisotopic (exact) mass is 214 g/mol. The number of carbonyl (C=O) groups excluding carboxylic acids is 1. The maximum Gasteiger partial charge on any atom is 0.306 e. The second-order valence-electron chi connectivity index (χ2n) is 3.93. The third kappa shape index (κ3) is 7.11. The molecule has 0 aromatic heterocycles. The van der Waals surface area contributed by atoms with Crippen molar-refractivity contribution < 1.29 is 14.7 Å². The predicted octanol–water partition coefficient (Wildman–Crippen LogP) is 3.03. The molecule has 0 spiro atoms. The van der Waals surface area contributed by atoms with Crippen molar-refractivity contribution in [3.05, 3.63) is 0 Å². The van der Waals surface area contributed by atoms with Crippen LogP contribution < -0.4 is 0 Å². The first-order valence-corrected chi connectivity index (χ1v) is 5.86. The van der Waals surface area contributed by atoms with Gasteiger partial charge in [0.2, 0.25) is 0 Å². The molecule has 0 bridgehead atoms. The summed E-state index contributed by atoms with van der Waals surface area (Å²) in [6.07, 6.45) is 5.50. The van der Waals surface area contributed by atoms with E-state index in [9.17, 15) is 9.59 Å². The summed E-state index contributed by atoms with van der Waals surface area (Å²) in [5.74, 6) is -0.589. The summed E-state index contributed by atoms with van der Waals surface area (Å²) in [5, 5.41) is 8.80. The topological polar surface area (TPSA) is 54.4 Å². The number of unbranched alkanes of at least 4 members (excludes halogenated alkanes) is 2. The zero-order valence-electron chi connectivity index (χ0n) is 9.79. The average molecular weight is 214 g/mol. The first kappa shape index (κ1) is 14.1. The van der Waals surface area contributed by atoms with Crippen LogP contribution in [0.5, 0.6) is 0 Å². The highest BCUT2D eigenvalue weighted by atomic mass is 16.4. The van der Waals surface area contributed by atoms with E-state index < -0.39 is 5.97 Å². The van der Waals surface area contributed by atoms with E-state index in [0.29, 0.717) is 25.0 Å². The van der Waals surface area contributed by atoms with Crippen LogP contribution in [0.25, 0.3) is 0 Å². The lowest BCUT2D eigenvalue weighted by atomic mass is 9.98. The number of hydrogen-bond acceptors (Lipinski definition) is 2. The SMILES string of the molecule is CCC(=O)CCCCCC(CC)C(=O)O. The lowest BCUT2D eigenvalue weighted by molar-refractivity contribution is -0.142. The van der Waals surface area contributed by atoms with E-state index in [2.05, 4.69) is 0 Å². The molecule has 0 saturated heterocycles. The Labute approximate surface area is 91.9 Å². The third-order valence-corrected chi connectivity index (χ3v) is 2.74. The Morgan fingerprint density at radius 3 is 2.27 bits per heavy atom. The summed E-state index contributed by atoms with van der Waals surface area (Å²) < 4.78 is 0. The number of rotatable bonds is 9. The number of ketones is 1. The Kier molecular flexibility index (Phi) is 7.96. The molecule has 0 aromatic rings. The van der Waals surface area contributed by atoms with Crippen molar-refractivity contribution >= 4 is 11.8 Å². The Hall–Kier alpha value is -0.860. The van der Waals surface area contributed by atoms with Gasteiger partial charge in [0.25, 0.3) is 0 Å². The van der Waals surface area contributed by atoms with Gasteiger partial charge in [0, 0.05) is 12.8 Å². The maximum atomic E-state index is 11.0. The minimum atomic E-state index is -0.692. The second-order valence-corrected chi connectivity index (χ2v) is 3.93. The fourth-order valence-corrected chi connectivity index (χ4v) is 1.57. The molecule has 0 rings (SSSR count). The van der Waals surface area contributed by atoms with Crippen LogP contribution in [-0.2, 0) is 9.59 Å². The molecule has 0 aliphatic carbocycles. The van der Waals surface area contributed by atoms with Gasteiger partial charge < -0.3 is 5.11 Å². The zero-order valence-corrected chi connectivity index (χ0v) is 9.79. The van der Waals surface area contributed by atoms with Crippen molar-refractivity contribution in [3.63, 3.8) is 0 Å². The van der Waals surface area contributed by atoms with E-state index in [1.54, 1.807) is 0 Å². The molecule has 0 heterocycles. The van der Waals surface area contributed by atoms with Crippen molar-refractivity contribution in [2.75, 3.05) is 0 Å². The van der Waals surface area contributed by atoms with Crippen LogP contribution in [0.15, 0.2) is 0 Å². The van der Waals surface area contributed by atoms with Crippen molar-refractivity contribution in [1.29, 1.82) is 0 Å². The summed E-state index contributed by atoms with van der Waals surface area (Å²) in [5.41, 5.74) is 0. The van der Waals surface area contributed by atoms with Gasteiger partial charge in [0.1, 0.15) is 5.78 Å². The second kappa shape index (κ2) is 8.45. The van der Waals surface area contributed by atoms with E-state index in [-0.39, 0.29) is 5.92 Å². The summed E-state index contributed by atoms with van der Waals surface area (Å²) in [4.78, 5) is 21.7. The van der Waals surface area contributed by atoms with Crippen molar-refractivity contribution in [1.82, 2.24) is 0 Å². The molecule has 3 heteroatoms. The molecular formula is C12H22O3. The standard InChI is InChI=1S/C12H22O3/c1-3-10(12(14)15)8-6-5-7-9-11(13)4-2/h10H,3-9H2,1-2H3,(H,14,15). The highest BCUT2D eigenvalue weighted by Crippen LogP contribution is 2.14. The summed E-state index contributed by atoms with van der Waals surface area (Å²) in [6, 6.07) is 0. The molecule has 0 fully saturated rings. The molecule has 0 saturated carbocycles. The zero-order chi connectivity index (χ0) is 11.7. The lowest BCUT2D eigenvalue weighted by Crippen LogP contribution is -2.12. The van der Waals surface area contributed by atoms with Crippen LogP contribution in [0, 0.1) is 5.92 Å². The first-order valence-electron chi connectivity index (χ1n) is 5.86. The smallest absolute Gasteiger partial charge is 0.306 e. The first-order chi connectivity index (χ1) is 7.11. The Bertz CT molecular complexity index is 199. The van der Waals surface area contributed by atoms with Crippen LogP contribution in [0.4, 0.5) is 0 Å². The van der Waals surface area contributed by atoms with Gasteiger partial charge in [-0.15, -0.1) is 0 Å². The molecule has 0 amide bonds. The largest absolute Gasteiger partial charge is 0.481 e. The number of Topliss-reactive ketones (excluding diaryl/α,β-unsaturated/α-hetero) is 1. The van der Waals surface area contributed by atoms with Crippen molar-refractivity contribution in [3.8, 4) is 0 Å². The van der Waals surface area contributed by atoms with Crippen LogP contribution in [0.2, 0.25) is 0 Å². The third-order valence-electron chi connectivity index (χ3n) is 2.74. The van der Waals surface area contributed by atoms with E-state index in [4.69, 9.17) is 5.11 Å². The van der Waals surface area contributed by atoms with Crippen LogP contribution in [0.3, 0.4) is 0 Å². The van der Waals surface area contributed by atoms with E-state index in [0.717, 1.165) is 25.7 Å². The summed E-state index contributed by atoms with van der Waals surface area (Å²) in [6.45, 7) is 3.78. The Morgan fingerprint density at radius 2 is 1.80 bits per heavy atom. The van der Waals surface area contributed by atoms with Gasteiger partial charge in [0.15, 0.2) is 0 Å². The minimum Gasteiger partial charge on any atom is -0.481 e. The van der Waals surface area contributed by atoms with Gasteiger partial charge in [0.05, 0.1) is 5.92 Å². The molecule has 0 aliphatic heterocycles. The summed E-state index contributed by atoms with van der Waals surface area (Å²) in [7, 11) is 0. The maximum absolute atomic E-state index is 11.0. The summed E-state index contributed by atoms with van der Waals surface area (Å²) >= 11 is 0. The van der Waals surface area contributed by atoms with Crippen LogP contribution in [-0.4, -0.2) is 16.9 Å². The van der Waals surface area contributed by atoms with Crippen molar-refractivity contribution in [2.45, 2.75) is 58.8 Å². The van der Waals surface area contributed by atoms with Crippen molar-refractivity contribution in [2.24, 2.45) is 5.92 Å². The van der Waals surface area contributed by atoms with E-state index in [1.807, 2.05) is 13.8 Å². The number of carbonyl (C=O) groups is 2. The quantitative estimate of drug-likeness (QED) is 0.600. The van der Waals surface area contributed by atoms with Crippen LogP contribution >= 0.6 is 0 Å². The Balaban J connectivity index is 3.45. The molecule has 0 aliphatic rings. The fraction of sp³-hybridized carbons (Fsp3) is 0.833. The van der Waals surface area contributed by atoms with Gasteiger partial charge in [-0.1, -0.05) is 26.7 Å². The minimum absolute atomic E-state index is 0.202. The normalized spacial score (nSPS) is 12.4. The molecule has 15 heavy (non-hydrogen) atoms. The molecule has 0 radical (unpaired) electrons. The average Bonchev–Trinajstić information content (AvgIpc) is 2.22. The highest BCUT2D eigenvalue weighted by Gasteiger charge is 2.13. The van der Waals surface area contributed by atoms with E-state index >= 15 is 0 Å². The number of hydrogen-bond donors (Lipinski definition) is 1. The van der Waals surface area contributed by atoms with Gasteiger partial charge >= 0.3 is 5.97 Å². The predicted molar refractivity (Wildman–Crippen MR) is 59.8 cm³/mol. The molecule has 1 N–H and O–H groups in total. The number of carboxylic acid groups (broad SMARTS) is 1. The Morgan fingerprint density at radius 1 is 1.13 bits per heavy atom. The molecular weight excluding hydrogens is 192 g/mol. The number of carboxylic acids is 1. The lowest BCUT2D eigenvalue weighted by Gasteiger charge is -2.08. The van der Waals surface area contributed by atoms with E-state index in [1.165, 1.54) is 0 Å². The van der Waals surface area contributed by atoms with Gasteiger partial charge in [-0.25, -0.2) is 0 Å². The molecule has 88 valence electrons. The molecule has 1 atom stereocenters. The fourth-order valence-electron chi connectivity index (χ4n) is 1.57. The molecule has 0 aromatic carbocycles.